The van der Waals surface area contributed by atoms with Crippen LogP contribution in [0.5, 0.6) is 5.88 Å². The number of carbonyl (C=O) groups excluding carboxylic acids is 1. The first-order valence-electron chi connectivity index (χ1n) is 4.25. The molecule has 0 aliphatic carbocycles. The zero-order valence-electron chi connectivity index (χ0n) is 8.04. The molecular formula is C9H10F2N2O2. The molecule has 1 aromatic heterocycles. The van der Waals surface area contributed by atoms with Crippen molar-refractivity contribution in [3.05, 3.63) is 18.3 Å². The van der Waals surface area contributed by atoms with Crippen LogP contribution in [-0.4, -0.2) is 23.9 Å². The molecule has 6 heteroatoms. The lowest BCUT2D eigenvalue weighted by molar-refractivity contribution is -0.132. The fourth-order valence-corrected chi connectivity index (χ4v) is 0.930. The summed E-state index contributed by atoms with van der Waals surface area (Å²) in [6.45, 7) is 0.700. The number of halogens is 2. The van der Waals surface area contributed by atoms with Crippen molar-refractivity contribution in [1.82, 2.24) is 4.98 Å². The van der Waals surface area contributed by atoms with Crippen molar-refractivity contribution in [2.45, 2.75) is 13.3 Å². The second-order valence-electron chi connectivity index (χ2n) is 2.72. The Morgan fingerprint density at radius 3 is 3.00 bits per heavy atom. The topological polar surface area (TPSA) is 51.2 Å². The Balaban J connectivity index is 2.72. The molecule has 0 aromatic carbocycles. The van der Waals surface area contributed by atoms with Crippen LogP contribution in [0.15, 0.2) is 18.3 Å². The first kappa shape index (κ1) is 11.4. The molecule has 0 saturated heterocycles. The SMILES string of the molecule is CC(=O)Oc1ncccc1NCC(F)F. The Morgan fingerprint density at radius 1 is 1.67 bits per heavy atom. The van der Waals surface area contributed by atoms with Gasteiger partial charge in [0.2, 0.25) is 5.88 Å². The predicted molar refractivity (Wildman–Crippen MR) is 50.0 cm³/mol. The zero-order valence-corrected chi connectivity index (χ0v) is 8.04. The average Bonchev–Trinajstić information content (AvgIpc) is 2.15. The van der Waals surface area contributed by atoms with Gasteiger partial charge in [-0.2, -0.15) is 0 Å². The van der Waals surface area contributed by atoms with E-state index in [2.05, 4.69) is 10.3 Å². The molecule has 82 valence electrons. The van der Waals surface area contributed by atoms with Crippen LogP contribution < -0.4 is 10.1 Å². The van der Waals surface area contributed by atoms with Gasteiger partial charge in [-0.15, -0.1) is 0 Å². The van der Waals surface area contributed by atoms with Crippen LogP contribution in [0.3, 0.4) is 0 Å². The Hall–Kier alpha value is -1.72. The van der Waals surface area contributed by atoms with Crippen LogP contribution in [-0.2, 0) is 4.79 Å². The van der Waals surface area contributed by atoms with Crippen molar-refractivity contribution < 1.29 is 18.3 Å². The molecule has 0 saturated carbocycles. The summed E-state index contributed by atoms with van der Waals surface area (Å²) in [5, 5.41) is 2.43. The third-order valence-corrected chi connectivity index (χ3v) is 1.46. The van der Waals surface area contributed by atoms with Gasteiger partial charge in [0.25, 0.3) is 6.43 Å². The quantitative estimate of drug-likeness (QED) is 0.778. The summed E-state index contributed by atoms with van der Waals surface area (Å²) in [6, 6.07) is 3.06. The number of hydrogen-bond acceptors (Lipinski definition) is 4. The lowest BCUT2D eigenvalue weighted by atomic mass is 10.4. The van der Waals surface area contributed by atoms with Crippen LogP contribution in [0.2, 0.25) is 0 Å². The van der Waals surface area contributed by atoms with E-state index in [4.69, 9.17) is 4.74 Å². The maximum Gasteiger partial charge on any atom is 0.309 e. The van der Waals surface area contributed by atoms with Crippen LogP contribution >= 0.6 is 0 Å². The number of carbonyl (C=O) groups is 1. The van der Waals surface area contributed by atoms with E-state index in [1.807, 2.05) is 0 Å². The van der Waals surface area contributed by atoms with E-state index in [-0.39, 0.29) is 11.6 Å². The van der Waals surface area contributed by atoms with E-state index >= 15 is 0 Å². The third kappa shape index (κ3) is 3.88. The molecule has 0 unspecified atom stereocenters. The number of ether oxygens (including phenoxy) is 1. The third-order valence-electron chi connectivity index (χ3n) is 1.46. The molecule has 0 amide bonds. The molecule has 0 bridgehead atoms. The highest BCUT2D eigenvalue weighted by Crippen LogP contribution is 2.20. The minimum absolute atomic E-state index is 0.00523. The predicted octanol–water partition coefficient (Wildman–Crippen LogP) is 1.68. The standard InChI is InChI=1S/C9H10F2N2O2/c1-6(14)15-9-7(3-2-4-12-9)13-5-8(10)11/h2-4,8,13H,5H2,1H3. The van der Waals surface area contributed by atoms with Crippen molar-refractivity contribution in [2.75, 3.05) is 11.9 Å². The Kier molecular flexibility index (Phi) is 3.96. The van der Waals surface area contributed by atoms with Gasteiger partial charge in [0, 0.05) is 13.1 Å². The van der Waals surface area contributed by atoms with Crippen molar-refractivity contribution in [3.8, 4) is 5.88 Å². The molecule has 0 spiro atoms. The minimum Gasteiger partial charge on any atom is -0.405 e. The van der Waals surface area contributed by atoms with Gasteiger partial charge in [-0.3, -0.25) is 4.79 Å². The molecule has 1 aromatic rings. The smallest absolute Gasteiger partial charge is 0.309 e. The summed E-state index contributed by atoms with van der Waals surface area (Å²) in [7, 11) is 0. The Labute approximate surface area is 85.3 Å². The highest BCUT2D eigenvalue weighted by atomic mass is 19.3. The van der Waals surface area contributed by atoms with E-state index in [0.717, 1.165) is 0 Å². The number of rotatable bonds is 4. The minimum atomic E-state index is -2.48. The van der Waals surface area contributed by atoms with Crippen molar-refractivity contribution in [2.24, 2.45) is 0 Å². The van der Waals surface area contributed by atoms with Crippen LogP contribution in [0.1, 0.15) is 6.92 Å². The fraction of sp³-hybridized carbons (Fsp3) is 0.333. The summed E-state index contributed by atoms with van der Waals surface area (Å²) in [5.41, 5.74) is 0.271. The van der Waals surface area contributed by atoms with E-state index in [1.54, 1.807) is 6.07 Å². The molecule has 1 rings (SSSR count). The summed E-state index contributed by atoms with van der Waals surface area (Å²) in [6.07, 6.45) is -1.07. The summed E-state index contributed by atoms with van der Waals surface area (Å²) >= 11 is 0. The van der Waals surface area contributed by atoms with Gasteiger partial charge < -0.3 is 10.1 Å². The van der Waals surface area contributed by atoms with Gasteiger partial charge in [-0.1, -0.05) is 0 Å². The Bertz CT molecular complexity index is 345. The van der Waals surface area contributed by atoms with Gasteiger partial charge in [0.1, 0.15) is 0 Å². The highest BCUT2D eigenvalue weighted by Gasteiger charge is 2.08. The molecule has 1 N–H and O–H groups in total. The summed E-state index contributed by atoms with van der Waals surface area (Å²) in [5.74, 6) is -0.542. The molecule has 0 fully saturated rings. The molecular weight excluding hydrogens is 206 g/mol. The molecule has 0 aliphatic rings. The monoisotopic (exact) mass is 216 g/mol. The normalized spacial score (nSPS) is 10.1. The number of alkyl halides is 2. The number of esters is 1. The maximum absolute atomic E-state index is 11.9. The van der Waals surface area contributed by atoms with Gasteiger partial charge >= 0.3 is 5.97 Å². The van der Waals surface area contributed by atoms with Crippen LogP contribution in [0, 0.1) is 0 Å². The van der Waals surface area contributed by atoms with Gasteiger partial charge in [0.15, 0.2) is 0 Å². The number of nitrogens with one attached hydrogen (secondary N) is 1. The van der Waals surface area contributed by atoms with Crippen molar-refractivity contribution in [3.63, 3.8) is 0 Å². The van der Waals surface area contributed by atoms with Crippen LogP contribution in [0.25, 0.3) is 0 Å². The average molecular weight is 216 g/mol. The largest absolute Gasteiger partial charge is 0.405 e. The van der Waals surface area contributed by atoms with E-state index < -0.39 is 18.9 Å². The number of anilines is 1. The number of pyridine rings is 1. The first-order valence-corrected chi connectivity index (χ1v) is 4.25. The van der Waals surface area contributed by atoms with Gasteiger partial charge in [-0.05, 0) is 12.1 Å². The number of aromatic nitrogens is 1. The highest BCUT2D eigenvalue weighted by molar-refractivity contribution is 5.71. The number of hydrogen-bond donors (Lipinski definition) is 1. The maximum atomic E-state index is 11.9. The van der Waals surface area contributed by atoms with E-state index in [0.29, 0.717) is 0 Å². The Morgan fingerprint density at radius 2 is 2.40 bits per heavy atom. The second-order valence-corrected chi connectivity index (χ2v) is 2.72. The molecule has 0 atom stereocenters. The van der Waals surface area contributed by atoms with E-state index in [1.165, 1.54) is 19.2 Å². The molecule has 0 radical (unpaired) electrons. The first-order chi connectivity index (χ1) is 7.09. The molecule has 15 heavy (non-hydrogen) atoms. The van der Waals surface area contributed by atoms with Crippen LogP contribution in [0.4, 0.5) is 14.5 Å². The van der Waals surface area contributed by atoms with Crippen molar-refractivity contribution in [1.29, 1.82) is 0 Å². The van der Waals surface area contributed by atoms with Gasteiger partial charge in [-0.25, -0.2) is 13.8 Å². The number of nitrogens with zero attached hydrogens (tertiary/aromatic N) is 1. The lowest BCUT2D eigenvalue weighted by Crippen LogP contribution is -2.12. The molecule has 0 aliphatic heterocycles. The zero-order chi connectivity index (χ0) is 11.3. The molecule has 1 heterocycles. The van der Waals surface area contributed by atoms with Gasteiger partial charge in [0.05, 0.1) is 12.2 Å². The fourth-order valence-electron chi connectivity index (χ4n) is 0.930. The molecule has 4 nitrogen and oxygen atoms in total. The second kappa shape index (κ2) is 5.23. The summed E-state index contributed by atoms with van der Waals surface area (Å²) < 4.78 is 28.6. The van der Waals surface area contributed by atoms with Crippen molar-refractivity contribution >= 4 is 11.7 Å². The lowest BCUT2D eigenvalue weighted by Gasteiger charge is -2.09. The van der Waals surface area contributed by atoms with E-state index in [9.17, 15) is 13.6 Å². The summed E-state index contributed by atoms with van der Waals surface area (Å²) in [4.78, 5) is 14.4.